The largest absolute Gasteiger partial charge is 0.457 e. The molecule has 424 valence electrons. The highest BCUT2D eigenvalue weighted by Crippen LogP contribution is 2.50. The third kappa shape index (κ3) is 9.94. The van der Waals surface area contributed by atoms with Gasteiger partial charge < -0.3 is 4.74 Å². The van der Waals surface area contributed by atoms with Crippen LogP contribution in [0.25, 0.3) is 78.5 Å². The van der Waals surface area contributed by atoms with Crippen molar-refractivity contribution in [1.29, 1.82) is 0 Å². The van der Waals surface area contributed by atoms with Crippen molar-refractivity contribution in [3.8, 4) is 67.9 Å². The molecule has 0 saturated carbocycles. The quantitative estimate of drug-likeness (QED) is 0.122. The molecule has 0 amide bonds. The topological polar surface area (TPSA) is 44.9 Å². The number of rotatable bonds is 12. The molecule has 2 aliphatic carbocycles. The van der Waals surface area contributed by atoms with E-state index in [2.05, 4.69) is 278 Å². The first-order valence-corrected chi connectivity index (χ1v) is 30.9. The van der Waals surface area contributed by atoms with E-state index in [-0.39, 0.29) is 45.3 Å². The lowest BCUT2D eigenvalue weighted by Crippen LogP contribution is -2.33. The molecular weight excluding hydrogens is 1010 g/mol. The van der Waals surface area contributed by atoms with Crippen LogP contribution in [0, 0.1) is 0 Å². The van der Waals surface area contributed by atoms with Crippen molar-refractivity contribution in [2.75, 3.05) is 0 Å². The maximum absolute atomic E-state index is 6.98. The summed E-state index contributed by atoms with van der Waals surface area (Å²) in [4.78, 5) is 10.9. The summed E-state index contributed by atoms with van der Waals surface area (Å²) in [5, 5.41) is 0. The van der Waals surface area contributed by atoms with Crippen LogP contribution in [0.3, 0.4) is 0 Å². The summed E-state index contributed by atoms with van der Waals surface area (Å²) in [5.74, 6) is 4.23. The maximum atomic E-state index is 6.98. The molecule has 0 N–H and O–H groups in total. The van der Waals surface area contributed by atoms with Gasteiger partial charge in [-0.05, 0) is 211 Å². The lowest BCUT2D eigenvalue weighted by Gasteiger charge is -2.42. The minimum Gasteiger partial charge on any atom is -0.457 e. The molecule has 83 heavy (non-hydrogen) atoms. The van der Waals surface area contributed by atoms with Crippen LogP contribution in [-0.2, 0) is 21.7 Å². The first-order valence-electron chi connectivity index (χ1n) is 30.9. The van der Waals surface area contributed by atoms with Crippen LogP contribution in [-0.4, -0.2) is 19.1 Å². The summed E-state index contributed by atoms with van der Waals surface area (Å²) in [6.45, 7) is 38.0. The minimum atomic E-state index is 0.120. The van der Waals surface area contributed by atoms with Gasteiger partial charge in [-0.1, -0.05) is 196 Å². The Morgan fingerprint density at radius 2 is 0.675 bits per heavy atom. The van der Waals surface area contributed by atoms with E-state index in [1.807, 2.05) is 0 Å². The summed E-state index contributed by atoms with van der Waals surface area (Å²) in [6, 6.07) is 58.7. The molecule has 5 heteroatoms. The number of nitrogens with zero attached hydrogens (tertiary/aromatic N) is 4. The van der Waals surface area contributed by atoms with Gasteiger partial charge >= 0.3 is 0 Å². The van der Waals surface area contributed by atoms with E-state index in [9.17, 15) is 0 Å². The third-order valence-electron chi connectivity index (χ3n) is 19.2. The summed E-state index contributed by atoms with van der Waals surface area (Å²) in [5.41, 5.74) is 25.4. The predicted molar refractivity (Wildman–Crippen MR) is 351 cm³/mol. The van der Waals surface area contributed by atoms with E-state index >= 15 is 0 Å². The summed E-state index contributed by atoms with van der Waals surface area (Å²) in [7, 11) is 0. The fourth-order valence-corrected chi connectivity index (χ4v) is 13.9. The van der Waals surface area contributed by atoms with Crippen molar-refractivity contribution in [3.05, 3.63) is 202 Å². The molecule has 2 aliphatic rings. The molecule has 10 aromatic rings. The normalized spacial score (nSPS) is 16.1. The maximum Gasteiger partial charge on any atom is 0.145 e. The first kappa shape index (κ1) is 56.0. The van der Waals surface area contributed by atoms with E-state index in [1.54, 1.807) is 0 Å². The fourth-order valence-electron chi connectivity index (χ4n) is 13.9. The van der Waals surface area contributed by atoms with Crippen molar-refractivity contribution >= 4 is 22.1 Å². The number of aromatic nitrogens is 4. The van der Waals surface area contributed by atoms with Gasteiger partial charge in [-0.15, -0.1) is 0 Å². The molecule has 0 unspecified atom stereocenters. The Morgan fingerprint density at radius 1 is 0.337 bits per heavy atom. The van der Waals surface area contributed by atoms with Crippen LogP contribution < -0.4 is 4.74 Å². The first-order chi connectivity index (χ1) is 39.4. The monoisotopic (exact) mass is 1090 g/mol. The van der Waals surface area contributed by atoms with E-state index < -0.39 is 0 Å². The molecule has 2 aromatic heterocycles. The molecule has 0 bridgehead atoms. The van der Waals surface area contributed by atoms with E-state index in [0.717, 1.165) is 56.3 Å². The van der Waals surface area contributed by atoms with Crippen LogP contribution in [0.2, 0.25) is 0 Å². The lowest BCUT2D eigenvalue weighted by atomic mass is 9.63. The van der Waals surface area contributed by atoms with Crippen LogP contribution in [0.4, 0.5) is 0 Å². The number of benzene rings is 8. The fraction of sp³-hybridized carbons (Fsp3) is 0.359. The third-order valence-corrected chi connectivity index (χ3v) is 19.2. The summed E-state index contributed by atoms with van der Waals surface area (Å²) >= 11 is 0. The van der Waals surface area contributed by atoms with Gasteiger partial charge in [0.05, 0.1) is 33.4 Å². The molecule has 12 rings (SSSR count). The smallest absolute Gasteiger partial charge is 0.145 e. The highest BCUT2D eigenvalue weighted by Gasteiger charge is 2.39. The molecule has 0 aliphatic heterocycles. The number of fused-ring (bicyclic) bond motifs is 4. The average molecular weight is 1100 g/mol. The Bertz CT molecular complexity index is 3820. The molecule has 0 saturated heterocycles. The highest BCUT2D eigenvalue weighted by atomic mass is 16.5. The van der Waals surface area contributed by atoms with Crippen molar-refractivity contribution in [2.45, 2.75) is 182 Å². The van der Waals surface area contributed by atoms with Gasteiger partial charge in [0.2, 0.25) is 0 Å². The average Bonchev–Trinajstić information content (AvgIpc) is 2.70. The van der Waals surface area contributed by atoms with E-state index in [4.69, 9.17) is 14.7 Å². The number of ether oxygens (including phenoxy) is 1. The Kier molecular flexibility index (Phi) is 14.0. The Morgan fingerprint density at radius 3 is 1.02 bits per heavy atom. The van der Waals surface area contributed by atoms with Crippen LogP contribution in [0.15, 0.2) is 158 Å². The molecule has 0 radical (unpaired) electrons. The van der Waals surface area contributed by atoms with Crippen molar-refractivity contribution in [3.63, 3.8) is 0 Å². The second-order valence-electron chi connectivity index (χ2n) is 28.4. The summed E-state index contributed by atoms with van der Waals surface area (Å²) in [6.07, 6.45) is 4.78. The molecule has 5 nitrogen and oxygen atoms in total. The van der Waals surface area contributed by atoms with Crippen LogP contribution in [0.5, 0.6) is 11.5 Å². The minimum absolute atomic E-state index is 0.120. The second-order valence-corrected chi connectivity index (χ2v) is 28.4. The van der Waals surface area contributed by atoms with E-state index in [1.165, 1.54) is 104 Å². The van der Waals surface area contributed by atoms with Crippen molar-refractivity contribution < 1.29 is 4.74 Å². The van der Waals surface area contributed by atoms with Gasteiger partial charge in [0.25, 0.3) is 0 Å². The SMILES string of the molecule is CC(C)c1cc(-c2ccc3c(c2)C(C)(C)CCC3(C)C)cc(C(C)C)c1-n1c(-c2cccc(Oc3cccc(-c4nc5ccccc5n4-c4c(C(C)C)cc(-c5ccc6c(c5)C(C)(C)CCC6(C)C)cc4C(C)C)c3)c2)nc2ccccc21. The number of hydrogen-bond acceptors (Lipinski definition) is 3. The lowest BCUT2D eigenvalue weighted by molar-refractivity contribution is 0.332. The van der Waals surface area contributed by atoms with Crippen molar-refractivity contribution in [1.82, 2.24) is 19.1 Å². The van der Waals surface area contributed by atoms with E-state index in [0.29, 0.717) is 0 Å². The zero-order valence-corrected chi connectivity index (χ0v) is 52.3. The van der Waals surface area contributed by atoms with Gasteiger partial charge in [0.1, 0.15) is 23.1 Å². The molecule has 0 atom stereocenters. The predicted octanol–water partition coefficient (Wildman–Crippen LogP) is 22.0. The second kappa shape index (κ2) is 20.7. The zero-order chi connectivity index (χ0) is 58.7. The molecular formula is C78H86N4O. The Balaban J connectivity index is 0.940. The highest BCUT2D eigenvalue weighted by molar-refractivity contribution is 5.87. The molecule has 0 fully saturated rings. The Labute approximate surface area is 495 Å². The van der Waals surface area contributed by atoms with Crippen LogP contribution >= 0.6 is 0 Å². The van der Waals surface area contributed by atoms with Gasteiger partial charge in [-0.25, -0.2) is 9.97 Å². The number of hydrogen-bond donors (Lipinski definition) is 0. The zero-order valence-electron chi connectivity index (χ0n) is 52.3. The van der Waals surface area contributed by atoms with Gasteiger partial charge in [0.15, 0.2) is 0 Å². The van der Waals surface area contributed by atoms with Gasteiger partial charge in [-0.3, -0.25) is 9.13 Å². The summed E-state index contributed by atoms with van der Waals surface area (Å²) < 4.78 is 11.8. The standard InChI is InChI=1S/C78H86N4O/c1-47(2)59-41-55(51-31-33-63-65(45-51)77(13,14)37-35-75(63,9)10)42-60(48(3)4)71(59)81-69-29-19-17-27-67(69)79-73(81)53-23-21-25-57(39-53)83-58-26-22-24-54(40-58)74-80-68-28-18-20-30-70(68)82(74)72-61(49(5)6)43-56(44-62(72)50(7)8)52-32-34-64-66(46-52)78(15,16)38-36-76(64,11)12/h17-34,39-50H,35-38H2,1-16H3. The Hall–Kier alpha value is -7.50. The number of imidazole rings is 2. The molecule has 0 spiro atoms. The van der Waals surface area contributed by atoms with Crippen molar-refractivity contribution in [2.24, 2.45) is 0 Å². The van der Waals surface area contributed by atoms with Crippen LogP contribution in [0.1, 0.15) is 205 Å². The van der Waals surface area contributed by atoms with Gasteiger partial charge in [0, 0.05) is 11.1 Å². The van der Waals surface area contributed by atoms with Gasteiger partial charge in [-0.2, -0.15) is 0 Å². The molecule has 2 heterocycles. The number of para-hydroxylation sites is 4. The molecule has 8 aromatic carbocycles.